The van der Waals surface area contributed by atoms with Crippen LogP contribution in [0.3, 0.4) is 0 Å². The van der Waals surface area contributed by atoms with Crippen LogP contribution in [0.5, 0.6) is 0 Å². The first-order chi connectivity index (χ1) is 10.0. The molecule has 0 amide bonds. The Balaban J connectivity index is 1.82. The van der Waals surface area contributed by atoms with Gasteiger partial charge in [0.05, 0.1) is 32.2 Å². The van der Waals surface area contributed by atoms with Gasteiger partial charge in [-0.05, 0) is 18.2 Å². The third-order valence-electron chi connectivity index (χ3n) is 3.45. The largest absolute Gasteiger partial charge is 0.333 e. The van der Waals surface area contributed by atoms with Gasteiger partial charge in [0.25, 0.3) is 0 Å². The monoisotopic (exact) mass is 298 g/mol. The number of quaternary nitrogens is 1. The fraction of sp³-hybridized carbons (Fsp3) is 0.235. The van der Waals surface area contributed by atoms with E-state index >= 15 is 0 Å². The average molecular weight is 298 g/mol. The predicted octanol–water partition coefficient (Wildman–Crippen LogP) is 4.05. The summed E-state index contributed by atoms with van der Waals surface area (Å²) in [6.07, 6.45) is 0. The molecule has 0 aliphatic heterocycles. The minimum atomic E-state index is 0.830. The molecule has 3 nitrogen and oxygen atoms in total. The van der Waals surface area contributed by atoms with Crippen molar-refractivity contribution in [2.24, 2.45) is 0 Å². The SMILES string of the molecule is C[N+](C)(C)c1ccccc1CSc1nc2ccccc2[nH]1. The molecule has 0 saturated carbocycles. The molecule has 0 spiro atoms. The predicted molar refractivity (Wildman–Crippen MR) is 91.7 cm³/mol. The van der Waals surface area contributed by atoms with Crippen molar-refractivity contribution in [2.45, 2.75) is 10.9 Å². The van der Waals surface area contributed by atoms with E-state index in [0.29, 0.717) is 0 Å². The van der Waals surface area contributed by atoms with Gasteiger partial charge in [-0.1, -0.05) is 42.1 Å². The van der Waals surface area contributed by atoms with Crippen LogP contribution in [0.1, 0.15) is 5.56 Å². The summed E-state index contributed by atoms with van der Waals surface area (Å²) in [4.78, 5) is 7.99. The molecule has 0 saturated heterocycles. The van der Waals surface area contributed by atoms with Crippen molar-refractivity contribution < 1.29 is 0 Å². The first-order valence-corrected chi connectivity index (χ1v) is 8.00. The number of para-hydroxylation sites is 3. The van der Waals surface area contributed by atoms with E-state index in [1.807, 2.05) is 18.2 Å². The molecule has 0 aliphatic carbocycles. The van der Waals surface area contributed by atoms with Gasteiger partial charge < -0.3 is 4.98 Å². The number of aromatic nitrogens is 2. The molecule has 1 heterocycles. The summed E-state index contributed by atoms with van der Waals surface area (Å²) in [6, 6.07) is 16.8. The van der Waals surface area contributed by atoms with E-state index in [1.54, 1.807) is 11.8 Å². The molecule has 108 valence electrons. The van der Waals surface area contributed by atoms with Gasteiger partial charge in [0, 0.05) is 11.3 Å². The van der Waals surface area contributed by atoms with Gasteiger partial charge in [0.15, 0.2) is 5.16 Å². The van der Waals surface area contributed by atoms with Crippen molar-refractivity contribution in [1.29, 1.82) is 0 Å². The van der Waals surface area contributed by atoms with Crippen molar-refractivity contribution >= 4 is 28.5 Å². The van der Waals surface area contributed by atoms with Gasteiger partial charge in [0.2, 0.25) is 0 Å². The Bertz CT molecular complexity index is 723. The number of benzene rings is 2. The smallest absolute Gasteiger partial charge is 0.166 e. The normalized spacial score (nSPS) is 12.0. The average Bonchev–Trinajstić information content (AvgIpc) is 2.87. The first kappa shape index (κ1) is 14.2. The molecular weight excluding hydrogens is 278 g/mol. The number of hydrogen-bond donors (Lipinski definition) is 1. The molecular formula is C17H20N3S+. The minimum absolute atomic E-state index is 0.830. The lowest BCUT2D eigenvalue weighted by molar-refractivity contribution is 0.483. The van der Waals surface area contributed by atoms with E-state index in [2.05, 4.69) is 61.4 Å². The summed E-state index contributed by atoms with van der Waals surface area (Å²) in [7, 11) is 6.60. The van der Waals surface area contributed by atoms with Crippen molar-refractivity contribution in [3.8, 4) is 0 Å². The topological polar surface area (TPSA) is 28.7 Å². The fourth-order valence-electron chi connectivity index (χ4n) is 2.43. The molecule has 2 aromatic carbocycles. The number of hydrogen-bond acceptors (Lipinski definition) is 2. The van der Waals surface area contributed by atoms with Crippen molar-refractivity contribution in [3.63, 3.8) is 0 Å². The highest BCUT2D eigenvalue weighted by Gasteiger charge is 2.17. The summed E-state index contributed by atoms with van der Waals surface area (Å²) in [5, 5.41) is 0.979. The van der Waals surface area contributed by atoms with Crippen LogP contribution in [-0.2, 0) is 5.75 Å². The third-order valence-corrected chi connectivity index (χ3v) is 4.37. The highest BCUT2D eigenvalue weighted by atomic mass is 32.2. The first-order valence-electron chi connectivity index (χ1n) is 7.01. The number of imidazole rings is 1. The second kappa shape index (κ2) is 5.54. The molecule has 4 heteroatoms. The van der Waals surface area contributed by atoms with Crippen LogP contribution in [-0.4, -0.2) is 31.1 Å². The van der Waals surface area contributed by atoms with E-state index in [9.17, 15) is 0 Å². The zero-order valence-electron chi connectivity index (χ0n) is 12.6. The van der Waals surface area contributed by atoms with Crippen LogP contribution in [0.4, 0.5) is 5.69 Å². The molecule has 0 fully saturated rings. The molecule has 0 unspecified atom stereocenters. The van der Waals surface area contributed by atoms with Gasteiger partial charge >= 0.3 is 0 Å². The Morgan fingerprint density at radius 1 is 1.00 bits per heavy atom. The van der Waals surface area contributed by atoms with Gasteiger partial charge in [-0.2, -0.15) is 0 Å². The number of aromatic amines is 1. The summed E-state index contributed by atoms with van der Waals surface area (Å²) in [5.41, 5.74) is 4.83. The maximum absolute atomic E-state index is 4.62. The highest BCUT2D eigenvalue weighted by Crippen LogP contribution is 2.29. The summed E-state index contributed by atoms with van der Waals surface area (Å²) < 4.78 is 0.830. The van der Waals surface area contributed by atoms with Crippen molar-refractivity contribution in [3.05, 3.63) is 54.1 Å². The van der Waals surface area contributed by atoms with Crippen LogP contribution >= 0.6 is 11.8 Å². The Kier molecular flexibility index (Phi) is 3.74. The number of H-pyrrole nitrogens is 1. The zero-order chi connectivity index (χ0) is 14.9. The molecule has 0 radical (unpaired) electrons. The van der Waals surface area contributed by atoms with E-state index in [4.69, 9.17) is 0 Å². The van der Waals surface area contributed by atoms with E-state index in [1.165, 1.54) is 11.3 Å². The Morgan fingerprint density at radius 3 is 2.48 bits per heavy atom. The molecule has 1 aromatic heterocycles. The summed E-state index contributed by atoms with van der Waals surface area (Å²) >= 11 is 1.75. The number of nitrogens with zero attached hydrogens (tertiary/aromatic N) is 2. The second-order valence-corrected chi connectivity index (χ2v) is 6.95. The van der Waals surface area contributed by atoms with E-state index < -0.39 is 0 Å². The molecule has 0 bridgehead atoms. The Hall–Kier alpha value is -1.78. The lowest BCUT2D eigenvalue weighted by Gasteiger charge is -2.25. The highest BCUT2D eigenvalue weighted by molar-refractivity contribution is 7.98. The lowest BCUT2D eigenvalue weighted by Crippen LogP contribution is -2.35. The van der Waals surface area contributed by atoms with Gasteiger partial charge in [0.1, 0.15) is 5.69 Å². The molecule has 21 heavy (non-hydrogen) atoms. The van der Waals surface area contributed by atoms with Crippen LogP contribution in [0.15, 0.2) is 53.7 Å². The zero-order valence-corrected chi connectivity index (χ0v) is 13.4. The van der Waals surface area contributed by atoms with Crippen LogP contribution in [0.25, 0.3) is 11.0 Å². The number of nitrogens with one attached hydrogen (secondary N) is 1. The van der Waals surface area contributed by atoms with Crippen LogP contribution in [0, 0.1) is 0 Å². The maximum Gasteiger partial charge on any atom is 0.166 e. The van der Waals surface area contributed by atoms with E-state index in [0.717, 1.165) is 26.4 Å². The Morgan fingerprint density at radius 2 is 1.71 bits per heavy atom. The fourth-order valence-corrected chi connectivity index (χ4v) is 3.31. The molecule has 0 atom stereocenters. The third kappa shape index (κ3) is 3.12. The van der Waals surface area contributed by atoms with Gasteiger partial charge in [-0.15, -0.1) is 0 Å². The lowest BCUT2D eigenvalue weighted by atomic mass is 10.2. The standard InChI is InChI=1S/C17H20N3S/c1-20(2,3)16-11-7-4-8-13(16)12-21-17-18-14-9-5-6-10-15(14)19-17/h4-11H,12H2,1-3H3,(H,18,19)/q+1. The van der Waals surface area contributed by atoms with E-state index in [-0.39, 0.29) is 0 Å². The number of thioether (sulfide) groups is 1. The van der Waals surface area contributed by atoms with Gasteiger partial charge in [-0.25, -0.2) is 4.98 Å². The van der Waals surface area contributed by atoms with Crippen molar-refractivity contribution in [1.82, 2.24) is 14.5 Å². The second-order valence-electron chi connectivity index (χ2n) is 5.99. The number of rotatable bonds is 4. The molecule has 3 aromatic rings. The van der Waals surface area contributed by atoms with Crippen molar-refractivity contribution in [2.75, 3.05) is 21.1 Å². The maximum atomic E-state index is 4.62. The molecule has 1 N–H and O–H groups in total. The number of fused-ring (bicyclic) bond motifs is 1. The molecule has 0 aliphatic rings. The van der Waals surface area contributed by atoms with Crippen LogP contribution < -0.4 is 4.48 Å². The quantitative estimate of drug-likeness (QED) is 0.581. The molecule has 3 rings (SSSR count). The Labute approximate surface area is 129 Å². The van der Waals surface area contributed by atoms with Gasteiger partial charge in [-0.3, -0.25) is 4.48 Å². The van der Waals surface area contributed by atoms with Crippen LogP contribution in [0.2, 0.25) is 0 Å². The summed E-state index contributed by atoms with van der Waals surface area (Å²) in [6.45, 7) is 0. The minimum Gasteiger partial charge on any atom is -0.333 e. The summed E-state index contributed by atoms with van der Waals surface area (Å²) in [5.74, 6) is 0.922.